The molecule has 21 heavy (non-hydrogen) atoms. The van der Waals surface area contributed by atoms with Crippen molar-refractivity contribution in [2.24, 2.45) is 0 Å². The second-order valence-electron chi connectivity index (χ2n) is 5.54. The second-order valence-corrected chi connectivity index (χ2v) is 6.54. The van der Waals surface area contributed by atoms with E-state index >= 15 is 0 Å². The van der Waals surface area contributed by atoms with Gasteiger partial charge in [0.1, 0.15) is 15.6 Å². The highest BCUT2D eigenvalue weighted by Crippen LogP contribution is 2.32. The van der Waals surface area contributed by atoms with Crippen LogP contribution in [0.5, 0.6) is 0 Å². The van der Waals surface area contributed by atoms with E-state index in [-0.39, 0.29) is 0 Å². The molecule has 1 aromatic heterocycles. The third kappa shape index (κ3) is 4.29. The van der Waals surface area contributed by atoms with E-state index in [1.54, 1.807) is 0 Å². The Labute approximate surface area is 129 Å². The first-order valence-corrected chi connectivity index (χ1v) is 7.55. The van der Waals surface area contributed by atoms with E-state index in [4.69, 9.17) is 4.74 Å². The standard InChI is InChI=1S/C16H19N2O2S/c1-5-12-14(18-15(19)20-16(2,3)4)21-13(17-12)11-9-7-6-8-10-11/h6-10H,1,5H2,2-4H3,(H,18,19). The average molecular weight is 303 g/mol. The molecule has 0 atom stereocenters. The van der Waals surface area contributed by atoms with Gasteiger partial charge in [0, 0.05) is 5.56 Å². The van der Waals surface area contributed by atoms with Crippen LogP contribution in [0.3, 0.4) is 0 Å². The van der Waals surface area contributed by atoms with E-state index < -0.39 is 11.7 Å². The van der Waals surface area contributed by atoms with Gasteiger partial charge in [-0.15, -0.1) is 0 Å². The molecular weight excluding hydrogens is 284 g/mol. The van der Waals surface area contributed by atoms with Gasteiger partial charge in [-0.25, -0.2) is 9.78 Å². The number of anilines is 1. The molecule has 1 heterocycles. The lowest BCUT2D eigenvalue weighted by Crippen LogP contribution is -2.27. The average Bonchev–Trinajstić information content (AvgIpc) is 2.80. The quantitative estimate of drug-likeness (QED) is 0.906. The maximum atomic E-state index is 11.9. The number of ether oxygens (including phenoxy) is 1. The molecule has 0 unspecified atom stereocenters. The number of thiazole rings is 1. The smallest absolute Gasteiger partial charge is 0.412 e. The molecule has 1 N–H and O–H groups in total. The number of hydrogen-bond donors (Lipinski definition) is 1. The number of nitrogens with zero attached hydrogens (tertiary/aromatic N) is 1. The fourth-order valence-corrected chi connectivity index (χ4v) is 2.72. The number of benzene rings is 1. The summed E-state index contributed by atoms with van der Waals surface area (Å²) in [6, 6.07) is 9.86. The highest BCUT2D eigenvalue weighted by atomic mass is 32.1. The van der Waals surface area contributed by atoms with E-state index in [9.17, 15) is 4.79 Å². The van der Waals surface area contributed by atoms with Crippen molar-refractivity contribution in [1.29, 1.82) is 0 Å². The molecule has 0 aliphatic rings. The van der Waals surface area contributed by atoms with Crippen LogP contribution in [-0.2, 0) is 11.2 Å². The third-order valence-corrected chi connectivity index (χ3v) is 3.63. The number of amides is 1. The first-order valence-electron chi connectivity index (χ1n) is 6.73. The van der Waals surface area contributed by atoms with Crippen LogP contribution in [0.2, 0.25) is 0 Å². The zero-order valence-electron chi connectivity index (χ0n) is 12.5. The summed E-state index contributed by atoms with van der Waals surface area (Å²) in [7, 11) is 0. The molecule has 0 fully saturated rings. The Morgan fingerprint density at radius 1 is 1.33 bits per heavy atom. The summed E-state index contributed by atoms with van der Waals surface area (Å²) in [5, 5.41) is 4.32. The normalized spacial score (nSPS) is 11.2. The third-order valence-electron chi connectivity index (χ3n) is 2.57. The fourth-order valence-electron chi connectivity index (χ4n) is 1.72. The van der Waals surface area contributed by atoms with Crippen LogP contribution in [0.1, 0.15) is 26.5 Å². The highest BCUT2D eigenvalue weighted by Gasteiger charge is 2.19. The minimum atomic E-state index is -0.526. The van der Waals surface area contributed by atoms with Crippen molar-refractivity contribution in [3.8, 4) is 10.6 Å². The van der Waals surface area contributed by atoms with Crippen molar-refractivity contribution >= 4 is 22.4 Å². The van der Waals surface area contributed by atoms with Crippen LogP contribution in [0.15, 0.2) is 30.3 Å². The van der Waals surface area contributed by atoms with Gasteiger partial charge in [0.05, 0.1) is 5.69 Å². The van der Waals surface area contributed by atoms with Crippen LogP contribution in [0.25, 0.3) is 10.6 Å². The molecule has 0 aliphatic carbocycles. The Morgan fingerprint density at radius 3 is 2.57 bits per heavy atom. The number of rotatable bonds is 3. The number of carbonyl (C=O) groups excluding carboxylic acids is 1. The van der Waals surface area contributed by atoms with Crippen molar-refractivity contribution in [3.63, 3.8) is 0 Å². The van der Waals surface area contributed by atoms with E-state index in [1.807, 2.05) is 51.1 Å². The zero-order valence-corrected chi connectivity index (χ0v) is 13.3. The van der Waals surface area contributed by atoms with Gasteiger partial charge in [-0.05, 0) is 34.1 Å². The van der Waals surface area contributed by atoms with Gasteiger partial charge in [-0.2, -0.15) is 0 Å². The molecule has 0 saturated heterocycles. The summed E-state index contributed by atoms with van der Waals surface area (Å²) in [6.07, 6.45) is 0.0366. The topological polar surface area (TPSA) is 51.2 Å². The molecule has 1 radical (unpaired) electrons. The van der Waals surface area contributed by atoms with Crippen molar-refractivity contribution in [2.45, 2.75) is 32.8 Å². The Kier molecular flexibility index (Phi) is 4.63. The van der Waals surface area contributed by atoms with Gasteiger partial charge in [-0.1, -0.05) is 41.7 Å². The summed E-state index contributed by atoms with van der Waals surface area (Å²) >= 11 is 1.43. The first-order chi connectivity index (χ1) is 9.89. The summed E-state index contributed by atoms with van der Waals surface area (Å²) in [5.41, 5.74) is 1.26. The van der Waals surface area contributed by atoms with Crippen molar-refractivity contribution in [1.82, 2.24) is 4.98 Å². The van der Waals surface area contributed by atoms with Crippen LogP contribution < -0.4 is 5.32 Å². The highest BCUT2D eigenvalue weighted by molar-refractivity contribution is 7.19. The largest absolute Gasteiger partial charge is 0.444 e. The van der Waals surface area contributed by atoms with Crippen LogP contribution >= 0.6 is 11.3 Å². The minimum Gasteiger partial charge on any atom is -0.444 e. The van der Waals surface area contributed by atoms with E-state index in [2.05, 4.69) is 17.2 Å². The lowest BCUT2D eigenvalue weighted by molar-refractivity contribution is 0.0636. The van der Waals surface area contributed by atoms with E-state index in [1.165, 1.54) is 11.3 Å². The minimum absolute atomic E-state index is 0.472. The van der Waals surface area contributed by atoms with Crippen LogP contribution in [-0.4, -0.2) is 16.7 Å². The number of aromatic nitrogens is 1. The predicted molar refractivity (Wildman–Crippen MR) is 86.5 cm³/mol. The predicted octanol–water partition coefficient (Wildman–Crippen LogP) is 4.53. The Hall–Kier alpha value is -1.88. The van der Waals surface area contributed by atoms with Crippen LogP contribution in [0.4, 0.5) is 9.80 Å². The molecule has 2 aromatic rings. The summed E-state index contributed by atoms with van der Waals surface area (Å²) in [5.74, 6) is 0. The number of hydrogen-bond acceptors (Lipinski definition) is 4. The van der Waals surface area contributed by atoms with Gasteiger partial charge in [0.25, 0.3) is 0 Å². The zero-order chi connectivity index (χ0) is 15.5. The molecule has 5 heteroatoms. The van der Waals surface area contributed by atoms with Gasteiger partial charge >= 0.3 is 6.09 Å². The molecule has 4 nitrogen and oxygen atoms in total. The van der Waals surface area contributed by atoms with Crippen molar-refractivity contribution < 1.29 is 9.53 Å². The summed E-state index contributed by atoms with van der Waals surface area (Å²) < 4.78 is 5.26. The molecular formula is C16H19N2O2S. The number of carbonyl (C=O) groups is 1. The van der Waals surface area contributed by atoms with Gasteiger partial charge in [0.2, 0.25) is 0 Å². The lowest BCUT2D eigenvalue weighted by Gasteiger charge is -2.19. The molecule has 111 valence electrons. The lowest BCUT2D eigenvalue weighted by atomic mass is 10.2. The molecule has 1 amide bonds. The SMILES string of the molecule is [CH2]Cc1nc(-c2ccccc2)sc1NC(=O)OC(C)(C)C. The van der Waals surface area contributed by atoms with Gasteiger partial charge in [0.15, 0.2) is 0 Å². The molecule has 0 aliphatic heterocycles. The maximum absolute atomic E-state index is 11.9. The fraction of sp³-hybridized carbons (Fsp3) is 0.312. The van der Waals surface area contributed by atoms with Gasteiger partial charge in [-0.3, -0.25) is 5.32 Å². The summed E-state index contributed by atoms with van der Waals surface area (Å²) in [6.45, 7) is 9.35. The van der Waals surface area contributed by atoms with E-state index in [0.29, 0.717) is 11.4 Å². The molecule has 2 rings (SSSR count). The van der Waals surface area contributed by atoms with Gasteiger partial charge < -0.3 is 4.74 Å². The Bertz CT molecular complexity index is 615. The number of nitrogens with one attached hydrogen (secondary N) is 1. The van der Waals surface area contributed by atoms with Crippen molar-refractivity contribution in [2.75, 3.05) is 5.32 Å². The Balaban J connectivity index is 2.20. The molecule has 0 saturated carbocycles. The Morgan fingerprint density at radius 2 is 2.00 bits per heavy atom. The monoisotopic (exact) mass is 303 g/mol. The molecule has 0 bridgehead atoms. The first kappa shape index (κ1) is 15.5. The van der Waals surface area contributed by atoms with Crippen molar-refractivity contribution in [3.05, 3.63) is 42.9 Å². The summed E-state index contributed by atoms with van der Waals surface area (Å²) in [4.78, 5) is 16.4. The molecule has 1 aromatic carbocycles. The molecule has 0 spiro atoms. The second kappa shape index (κ2) is 6.26. The maximum Gasteiger partial charge on any atom is 0.412 e. The van der Waals surface area contributed by atoms with E-state index in [0.717, 1.165) is 16.3 Å². The van der Waals surface area contributed by atoms with Crippen LogP contribution in [0, 0.1) is 6.92 Å².